The number of likely N-dealkylation sites (tertiary alicyclic amines) is 1. The number of rotatable bonds is 2. The third kappa shape index (κ3) is 3.41. The molecule has 1 spiro atoms. The van der Waals surface area contributed by atoms with Crippen molar-refractivity contribution in [2.45, 2.75) is 32.3 Å². The highest BCUT2D eigenvalue weighted by Crippen LogP contribution is 2.41. The third-order valence-corrected chi connectivity index (χ3v) is 5.93. The zero-order valence-corrected chi connectivity index (χ0v) is 15.9. The summed E-state index contributed by atoms with van der Waals surface area (Å²) < 4.78 is 1.79. The molecule has 27 heavy (non-hydrogen) atoms. The first-order valence-electron chi connectivity index (χ1n) is 9.44. The van der Waals surface area contributed by atoms with Crippen molar-refractivity contribution in [1.82, 2.24) is 24.4 Å². The molecular formula is C19H26N6O2. The number of hydrogen-bond donors (Lipinski definition) is 1. The van der Waals surface area contributed by atoms with E-state index in [1.54, 1.807) is 29.5 Å². The zero-order chi connectivity index (χ0) is 19.0. The van der Waals surface area contributed by atoms with E-state index in [1.807, 2.05) is 18.9 Å². The molecule has 4 rings (SSSR count). The quantitative estimate of drug-likeness (QED) is 0.849. The molecular weight excluding hydrogens is 344 g/mol. The first-order valence-corrected chi connectivity index (χ1v) is 9.44. The number of aliphatic hydroxyl groups is 1. The fraction of sp³-hybridized carbons (Fsp3) is 0.579. The summed E-state index contributed by atoms with van der Waals surface area (Å²) in [6, 6.07) is 0. The number of hydrogen-bond acceptors (Lipinski definition) is 6. The van der Waals surface area contributed by atoms with E-state index in [-0.39, 0.29) is 17.4 Å². The molecule has 2 fully saturated rings. The Labute approximate surface area is 158 Å². The Bertz CT molecular complexity index is 793. The van der Waals surface area contributed by atoms with E-state index in [1.165, 1.54) is 0 Å². The maximum Gasteiger partial charge on any atom is 0.272 e. The standard InChI is InChI=1S/C19H26N6O2/c1-14-17(23(2)13-22-14)18(27)24-7-3-19(4-8-24)9-15(26)11-25(12-19)16-10-20-5-6-21-16/h5-6,10,13,15,26H,3-4,7-9,11-12H2,1-2H3. The van der Waals surface area contributed by atoms with E-state index in [2.05, 4.69) is 19.9 Å². The van der Waals surface area contributed by atoms with Crippen molar-refractivity contribution >= 4 is 11.7 Å². The average Bonchev–Trinajstić information content (AvgIpc) is 3.00. The molecule has 2 aliphatic rings. The molecule has 1 amide bonds. The Morgan fingerprint density at radius 1 is 1.26 bits per heavy atom. The van der Waals surface area contributed by atoms with Crippen molar-refractivity contribution in [3.05, 3.63) is 36.3 Å². The molecule has 0 aliphatic carbocycles. The second kappa shape index (κ2) is 6.92. The molecule has 144 valence electrons. The second-order valence-corrected chi connectivity index (χ2v) is 7.88. The number of carbonyl (C=O) groups excluding carboxylic acids is 1. The molecule has 2 saturated heterocycles. The average molecular weight is 370 g/mol. The number of nitrogens with zero attached hydrogens (tertiary/aromatic N) is 6. The van der Waals surface area contributed by atoms with Crippen LogP contribution in [0, 0.1) is 12.3 Å². The van der Waals surface area contributed by atoms with Crippen LogP contribution in [0.15, 0.2) is 24.9 Å². The monoisotopic (exact) mass is 370 g/mol. The fourth-order valence-electron chi connectivity index (χ4n) is 4.53. The van der Waals surface area contributed by atoms with Gasteiger partial charge in [0.25, 0.3) is 5.91 Å². The molecule has 0 aromatic carbocycles. The summed E-state index contributed by atoms with van der Waals surface area (Å²) in [4.78, 5) is 29.7. The maximum atomic E-state index is 12.9. The minimum Gasteiger partial charge on any atom is -0.391 e. The van der Waals surface area contributed by atoms with Crippen molar-refractivity contribution in [3.8, 4) is 0 Å². The van der Waals surface area contributed by atoms with Gasteiger partial charge in [0.15, 0.2) is 0 Å². The summed E-state index contributed by atoms with van der Waals surface area (Å²) in [5.41, 5.74) is 1.44. The molecule has 0 saturated carbocycles. The molecule has 1 N–H and O–H groups in total. The van der Waals surface area contributed by atoms with Gasteiger partial charge in [-0.1, -0.05) is 0 Å². The van der Waals surface area contributed by atoms with Crippen LogP contribution in [0.25, 0.3) is 0 Å². The van der Waals surface area contributed by atoms with Gasteiger partial charge in [-0.15, -0.1) is 0 Å². The van der Waals surface area contributed by atoms with Gasteiger partial charge in [-0.05, 0) is 31.6 Å². The number of aliphatic hydroxyl groups excluding tert-OH is 1. The number of carbonyl (C=O) groups is 1. The Morgan fingerprint density at radius 2 is 2.04 bits per heavy atom. The fourth-order valence-corrected chi connectivity index (χ4v) is 4.53. The van der Waals surface area contributed by atoms with Gasteiger partial charge in [0, 0.05) is 45.6 Å². The lowest BCUT2D eigenvalue weighted by Crippen LogP contribution is -2.55. The van der Waals surface area contributed by atoms with Crippen LogP contribution < -0.4 is 4.90 Å². The van der Waals surface area contributed by atoms with Crippen molar-refractivity contribution < 1.29 is 9.90 Å². The first kappa shape index (κ1) is 17.9. The SMILES string of the molecule is Cc1ncn(C)c1C(=O)N1CCC2(CC1)CC(O)CN(c1cnccn1)C2. The minimum atomic E-state index is -0.387. The summed E-state index contributed by atoms with van der Waals surface area (Å²) in [5.74, 6) is 0.851. The molecule has 2 aliphatic heterocycles. The van der Waals surface area contributed by atoms with Crippen LogP contribution in [-0.4, -0.2) is 67.7 Å². The van der Waals surface area contributed by atoms with Gasteiger partial charge in [0.2, 0.25) is 0 Å². The summed E-state index contributed by atoms with van der Waals surface area (Å²) in [6.45, 7) is 4.69. The Morgan fingerprint density at radius 3 is 2.67 bits per heavy atom. The van der Waals surface area contributed by atoms with Gasteiger partial charge in [0.05, 0.1) is 24.3 Å². The highest BCUT2D eigenvalue weighted by Gasteiger charge is 2.43. The van der Waals surface area contributed by atoms with E-state index >= 15 is 0 Å². The van der Waals surface area contributed by atoms with Crippen molar-refractivity contribution in [2.75, 3.05) is 31.1 Å². The lowest BCUT2D eigenvalue weighted by molar-refractivity contribution is 0.0242. The highest BCUT2D eigenvalue weighted by molar-refractivity contribution is 5.93. The van der Waals surface area contributed by atoms with E-state index in [4.69, 9.17) is 0 Å². The Balaban J connectivity index is 1.46. The third-order valence-electron chi connectivity index (χ3n) is 5.93. The van der Waals surface area contributed by atoms with Crippen molar-refractivity contribution in [3.63, 3.8) is 0 Å². The van der Waals surface area contributed by atoms with Crippen LogP contribution >= 0.6 is 0 Å². The minimum absolute atomic E-state index is 0.00741. The molecule has 4 heterocycles. The number of imidazole rings is 1. The number of anilines is 1. The molecule has 2 aromatic heterocycles. The summed E-state index contributed by atoms with van der Waals surface area (Å²) in [5, 5.41) is 10.5. The smallest absolute Gasteiger partial charge is 0.272 e. The maximum absolute atomic E-state index is 12.9. The second-order valence-electron chi connectivity index (χ2n) is 7.88. The molecule has 0 bridgehead atoms. The van der Waals surface area contributed by atoms with Crippen LogP contribution in [0.3, 0.4) is 0 Å². The van der Waals surface area contributed by atoms with E-state index < -0.39 is 0 Å². The van der Waals surface area contributed by atoms with Gasteiger partial charge in [0.1, 0.15) is 11.5 Å². The summed E-state index contributed by atoms with van der Waals surface area (Å²) >= 11 is 0. The van der Waals surface area contributed by atoms with E-state index in [9.17, 15) is 9.90 Å². The normalized spacial score (nSPS) is 22.3. The van der Waals surface area contributed by atoms with Gasteiger partial charge >= 0.3 is 0 Å². The molecule has 1 atom stereocenters. The number of β-amino-alcohol motifs (C(OH)–C–C–N with tert-alkyl or cyclic N) is 1. The van der Waals surface area contributed by atoms with Crippen molar-refractivity contribution in [1.29, 1.82) is 0 Å². The highest BCUT2D eigenvalue weighted by atomic mass is 16.3. The summed E-state index contributed by atoms with van der Waals surface area (Å²) in [7, 11) is 1.86. The lowest BCUT2D eigenvalue weighted by Gasteiger charge is -2.49. The predicted molar refractivity (Wildman–Crippen MR) is 100 cm³/mol. The molecule has 0 radical (unpaired) electrons. The first-order chi connectivity index (χ1) is 13.0. The number of amides is 1. The number of aromatic nitrogens is 4. The predicted octanol–water partition coefficient (Wildman–Crippen LogP) is 1.01. The molecule has 2 aromatic rings. The van der Waals surface area contributed by atoms with Crippen LogP contribution in [0.1, 0.15) is 35.4 Å². The van der Waals surface area contributed by atoms with Crippen LogP contribution in [0.2, 0.25) is 0 Å². The van der Waals surface area contributed by atoms with Crippen LogP contribution in [-0.2, 0) is 7.05 Å². The zero-order valence-electron chi connectivity index (χ0n) is 15.9. The summed E-state index contributed by atoms with van der Waals surface area (Å²) in [6.07, 6.45) is 8.91. The topological polar surface area (TPSA) is 87.4 Å². The Hall–Kier alpha value is -2.48. The lowest BCUT2D eigenvalue weighted by atomic mass is 9.71. The van der Waals surface area contributed by atoms with E-state index in [0.29, 0.717) is 25.3 Å². The van der Waals surface area contributed by atoms with Gasteiger partial charge in [-0.3, -0.25) is 9.78 Å². The van der Waals surface area contributed by atoms with E-state index in [0.717, 1.165) is 37.3 Å². The van der Waals surface area contributed by atoms with Crippen LogP contribution in [0.5, 0.6) is 0 Å². The van der Waals surface area contributed by atoms with Gasteiger partial charge in [-0.2, -0.15) is 0 Å². The van der Waals surface area contributed by atoms with Gasteiger partial charge < -0.3 is 19.5 Å². The number of piperidine rings is 2. The molecule has 8 nitrogen and oxygen atoms in total. The van der Waals surface area contributed by atoms with Crippen molar-refractivity contribution in [2.24, 2.45) is 12.5 Å². The number of aryl methyl sites for hydroxylation is 2. The largest absolute Gasteiger partial charge is 0.391 e. The molecule has 1 unspecified atom stereocenters. The van der Waals surface area contributed by atoms with Gasteiger partial charge in [-0.25, -0.2) is 9.97 Å². The van der Waals surface area contributed by atoms with Crippen LogP contribution in [0.4, 0.5) is 5.82 Å². The Kier molecular flexibility index (Phi) is 4.59. The molecule has 8 heteroatoms.